The molecule has 1 aromatic heterocycles. The Balaban J connectivity index is 1.75. The number of hydrogen-bond acceptors (Lipinski definition) is 5. The number of carbonyl (C=O) groups excluding carboxylic acids is 1. The van der Waals surface area contributed by atoms with Crippen LogP contribution in [0.2, 0.25) is 0 Å². The largest absolute Gasteiger partial charge is 0.496 e. The summed E-state index contributed by atoms with van der Waals surface area (Å²) in [6, 6.07) is 6.01. The van der Waals surface area contributed by atoms with Crippen LogP contribution in [0, 0.1) is 6.92 Å². The van der Waals surface area contributed by atoms with Gasteiger partial charge in [0.05, 0.1) is 32.1 Å². The van der Waals surface area contributed by atoms with Crippen LogP contribution in [-0.2, 0) is 17.8 Å². The number of morpholine rings is 1. The maximum absolute atomic E-state index is 12.5. The lowest BCUT2D eigenvalue weighted by molar-refractivity contribution is 0.0339. The first-order valence-corrected chi connectivity index (χ1v) is 9.34. The number of methoxy groups -OCH3 is 1. The van der Waals surface area contributed by atoms with E-state index in [0.717, 1.165) is 62.0 Å². The molecule has 0 N–H and O–H groups in total. The van der Waals surface area contributed by atoms with Crippen LogP contribution in [0.3, 0.4) is 0 Å². The molecule has 144 valence electrons. The molecule has 0 radical (unpaired) electrons. The number of nitrogens with zero attached hydrogens (tertiary/aromatic N) is 3. The second-order valence-corrected chi connectivity index (χ2v) is 6.62. The predicted octanol–water partition coefficient (Wildman–Crippen LogP) is 2.95. The third-order valence-electron chi connectivity index (χ3n) is 4.90. The number of aromatic nitrogens is 2. The molecule has 1 fully saturated rings. The number of ketones is 1. The zero-order valence-corrected chi connectivity index (χ0v) is 16.3. The molecular weight excluding hydrogens is 342 g/mol. The maximum atomic E-state index is 12.5. The number of carbonyl (C=O) groups is 1. The fourth-order valence-electron chi connectivity index (χ4n) is 3.29. The zero-order valence-electron chi connectivity index (χ0n) is 16.3. The first-order chi connectivity index (χ1) is 13.1. The molecule has 2 aromatic rings. The number of rotatable bonds is 7. The van der Waals surface area contributed by atoms with E-state index in [1.54, 1.807) is 19.4 Å². The molecule has 27 heavy (non-hydrogen) atoms. The summed E-state index contributed by atoms with van der Waals surface area (Å²) in [5, 5.41) is 4.24. The van der Waals surface area contributed by atoms with Crippen molar-refractivity contribution in [3.05, 3.63) is 52.9 Å². The predicted molar refractivity (Wildman–Crippen MR) is 105 cm³/mol. The lowest BCUT2D eigenvalue weighted by Gasteiger charge is -2.27. The third-order valence-corrected chi connectivity index (χ3v) is 4.90. The van der Waals surface area contributed by atoms with Gasteiger partial charge < -0.3 is 9.47 Å². The Morgan fingerprint density at radius 3 is 2.78 bits per heavy atom. The van der Waals surface area contributed by atoms with E-state index in [9.17, 15) is 4.79 Å². The van der Waals surface area contributed by atoms with Crippen molar-refractivity contribution >= 4 is 11.9 Å². The van der Waals surface area contributed by atoms with E-state index >= 15 is 0 Å². The summed E-state index contributed by atoms with van der Waals surface area (Å²) in [6.07, 6.45) is 5.11. The summed E-state index contributed by atoms with van der Waals surface area (Å²) in [4.78, 5) is 14.9. The van der Waals surface area contributed by atoms with Gasteiger partial charge in [0.1, 0.15) is 5.75 Å². The van der Waals surface area contributed by atoms with Crippen LogP contribution in [0.4, 0.5) is 0 Å². The van der Waals surface area contributed by atoms with Gasteiger partial charge in [0.15, 0.2) is 5.78 Å². The zero-order chi connectivity index (χ0) is 19.2. The number of allylic oxidation sites excluding steroid dienone is 1. The van der Waals surface area contributed by atoms with Gasteiger partial charge in [-0.1, -0.05) is 12.1 Å². The van der Waals surface area contributed by atoms with Gasteiger partial charge in [0, 0.05) is 37.4 Å². The van der Waals surface area contributed by atoms with E-state index in [1.807, 2.05) is 36.7 Å². The van der Waals surface area contributed by atoms with E-state index in [0.29, 0.717) is 5.56 Å². The molecule has 0 aliphatic carbocycles. The van der Waals surface area contributed by atoms with E-state index < -0.39 is 0 Å². The van der Waals surface area contributed by atoms with Gasteiger partial charge in [0.2, 0.25) is 0 Å². The summed E-state index contributed by atoms with van der Waals surface area (Å²) >= 11 is 0. The Bertz CT molecular complexity index is 820. The molecule has 6 heteroatoms. The first-order valence-electron chi connectivity index (χ1n) is 9.34. The van der Waals surface area contributed by atoms with E-state index in [4.69, 9.17) is 9.47 Å². The maximum Gasteiger partial charge on any atom is 0.189 e. The Labute approximate surface area is 160 Å². The van der Waals surface area contributed by atoms with Crippen LogP contribution in [0.25, 0.3) is 6.08 Å². The molecule has 1 aliphatic rings. The minimum absolute atomic E-state index is 0.0299. The molecule has 1 aliphatic heterocycles. The van der Waals surface area contributed by atoms with Crippen LogP contribution in [0.5, 0.6) is 5.75 Å². The summed E-state index contributed by atoms with van der Waals surface area (Å²) < 4.78 is 12.8. The second kappa shape index (κ2) is 8.97. The molecule has 2 heterocycles. The standard InChI is InChI=1S/C21H27N3O3/c1-4-24-16(2)19(14-22-24)20(25)7-5-17-6-8-21(26-3)18(13-17)15-23-9-11-27-12-10-23/h5-8,13-14H,4,9-12,15H2,1-3H3/b7-5+. The third kappa shape index (κ3) is 4.64. The van der Waals surface area contributed by atoms with Crippen molar-refractivity contribution in [1.29, 1.82) is 0 Å². The van der Waals surface area contributed by atoms with Crippen LogP contribution < -0.4 is 4.74 Å². The average Bonchev–Trinajstić information content (AvgIpc) is 3.07. The number of benzene rings is 1. The molecule has 0 amide bonds. The SMILES string of the molecule is CCn1ncc(C(=O)/C=C/c2ccc(OC)c(CN3CCOCC3)c2)c1C. The molecule has 0 atom stereocenters. The van der Waals surface area contributed by atoms with Crippen molar-refractivity contribution in [2.45, 2.75) is 26.9 Å². The smallest absolute Gasteiger partial charge is 0.189 e. The normalized spacial score (nSPS) is 15.4. The summed E-state index contributed by atoms with van der Waals surface area (Å²) in [5.41, 5.74) is 3.64. The van der Waals surface area contributed by atoms with Gasteiger partial charge in [-0.05, 0) is 37.6 Å². The van der Waals surface area contributed by atoms with Crippen LogP contribution in [0.1, 0.15) is 34.1 Å². The Morgan fingerprint density at radius 2 is 2.11 bits per heavy atom. The Morgan fingerprint density at radius 1 is 1.33 bits per heavy atom. The molecule has 1 saturated heterocycles. The number of hydrogen-bond donors (Lipinski definition) is 0. The minimum atomic E-state index is -0.0299. The lowest BCUT2D eigenvalue weighted by Crippen LogP contribution is -2.35. The number of ether oxygens (including phenoxy) is 2. The van der Waals surface area contributed by atoms with Crippen molar-refractivity contribution in [3.8, 4) is 5.75 Å². The van der Waals surface area contributed by atoms with E-state index in [2.05, 4.69) is 16.1 Å². The molecular formula is C21H27N3O3. The van der Waals surface area contributed by atoms with Gasteiger partial charge >= 0.3 is 0 Å². The van der Waals surface area contributed by atoms with Gasteiger partial charge in [-0.25, -0.2) is 0 Å². The molecule has 0 saturated carbocycles. The summed E-state index contributed by atoms with van der Waals surface area (Å²) in [7, 11) is 1.69. The monoisotopic (exact) mass is 369 g/mol. The number of aryl methyl sites for hydroxylation is 1. The van der Waals surface area contributed by atoms with E-state index in [-0.39, 0.29) is 5.78 Å². The highest BCUT2D eigenvalue weighted by molar-refractivity contribution is 6.07. The van der Waals surface area contributed by atoms with Gasteiger partial charge in [-0.15, -0.1) is 0 Å². The molecule has 0 bridgehead atoms. The second-order valence-electron chi connectivity index (χ2n) is 6.62. The molecule has 0 spiro atoms. The quantitative estimate of drug-likeness (QED) is 0.555. The fourth-order valence-corrected chi connectivity index (χ4v) is 3.29. The first kappa shape index (κ1) is 19.3. The van der Waals surface area contributed by atoms with Crippen LogP contribution >= 0.6 is 0 Å². The summed E-state index contributed by atoms with van der Waals surface area (Å²) in [5.74, 6) is 0.836. The highest BCUT2D eigenvalue weighted by atomic mass is 16.5. The lowest BCUT2D eigenvalue weighted by atomic mass is 10.1. The molecule has 6 nitrogen and oxygen atoms in total. The van der Waals surface area contributed by atoms with Crippen molar-refractivity contribution in [1.82, 2.24) is 14.7 Å². The van der Waals surface area contributed by atoms with Crippen molar-refractivity contribution in [2.24, 2.45) is 0 Å². The van der Waals surface area contributed by atoms with E-state index in [1.165, 1.54) is 0 Å². The van der Waals surface area contributed by atoms with Gasteiger partial charge in [-0.3, -0.25) is 14.4 Å². The van der Waals surface area contributed by atoms with Crippen LogP contribution in [-0.4, -0.2) is 53.9 Å². The van der Waals surface area contributed by atoms with Crippen molar-refractivity contribution in [3.63, 3.8) is 0 Å². The van der Waals surface area contributed by atoms with Crippen LogP contribution in [0.15, 0.2) is 30.5 Å². The molecule has 0 unspecified atom stereocenters. The topological polar surface area (TPSA) is 56.6 Å². The highest BCUT2D eigenvalue weighted by Crippen LogP contribution is 2.23. The molecule has 3 rings (SSSR count). The molecule has 1 aromatic carbocycles. The Kier molecular flexibility index (Phi) is 6.42. The Hall–Kier alpha value is -2.44. The minimum Gasteiger partial charge on any atom is -0.496 e. The van der Waals surface area contributed by atoms with Gasteiger partial charge in [0.25, 0.3) is 0 Å². The summed E-state index contributed by atoms with van der Waals surface area (Å²) in [6.45, 7) is 8.87. The fraction of sp³-hybridized carbons (Fsp3) is 0.429. The van der Waals surface area contributed by atoms with Gasteiger partial charge in [-0.2, -0.15) is 5.10 Å². The van der Waals surface area contributed by atoms with Crippen molar-refractivity contribution in [2.75, 3.05) is 33.4 Å². The van der Waals surface area contributed by atoms with Crippen molar-refractivity contribution < 1.29 is 14.3 Å². The average molecular weight is 369 g/mol. The highest BCUT2D eigenvalue weighted by Gasteiger charge is 2.14.